The number of hydrogen-bond donors (Lipinski definition) is 5. The molecule has 3 amide bonds. The molecule has 1 aromatic heterocycles. The Balaban J connectivity index is 1.11. The zero-order chi connectivity index (χ0) is 31.4. The molecule has 0 fully saturated rings. The van der Waals surface area contributed by atoms with E-state index in [0.29, 0.717) is 23.9 Å². The number of allylic oxidation sites excluding steroid dienone is 3. The number of anilines is 1. The molecule has 12 heteroatoms. The fourth-order valence-corrected chi connectivity index (χ4v) is 5.02. The minimum absolute atomic E-state index is 0.0820. The van der Waals surface area contributed by atoms with Crippen LogP contribution in [-0.4, -0.2) is 33.7 Å². The molecule has 0 spiro atoms. The molecule has 2 aromatic carbocycles. The summed E-state index contributed by atoms with van der Waals surface area (Å²) < 4.78 is 5.24. The molecule has 44 heavy (non-hydrogen) atoms. The Bertz CT molecular complexity index is 1480. The van der Waals surface area contributed by atoms with Crippen LogP contribution in [0.1, 0.15) is 61.7 Å². The lowest BCUT2D eigenvalue weighted by molar-refractivity contribution is -0.120. The van der Waals surface area contributed by atoms with Gasteiger partial charge in [-0.3, -0.25) is 15.0 Å². The maximum absolute atomic E-state index is 12.5. The Kier molecular flexibility index (Phi) is 11.5. The molecule has 0 radical (unpaired) electrons. The highest BCUT2D eigenvalue weighted by molar-refractivity contribution is 7.15. The first kappa shape index (κ1) is 32.2. The highest BCUT2D eigenvalue weighted by Crippen LogP contribution is 2.19. The maximum Gasteiger partial charge on any atom is 0.407 e. The second-order valence-corrected chi connectivity index (χ2v) is 12.4. The highest BCUT2D eigenvalue weighted by atomic mass is 32.1. The molecule has 0 saturated carbocycles. The van der Waals surface area contributed by atoms with Gasteiger partial charge in [0.05, 0.1) is 12.8 Å². The number of alkyl carbamates (subject to hydrolysis) is 1. The van der Waals surface area contributed by atoms with Gasteiger partial charge in [-0.2, -0.15) is 0 Å². The molecule has 3 aromatic rings. The van der Waals surface area contributed by atoms with Gasteiger partial charge in [-0.15, -0.1) is 10.2 Å². The van der Waals surface area contributed by atoms with Gasteiger partial charge in [0.1, 0.15) is 16.4 Å². The van der Waals surface area contributed by atoms with Gasteiger partial charge in [0.25, 0.3) is 0 Å². The van der Waals surface area contributed by atoms with Gasteiger partial charge in [0, 0.05) is 18.7 Å². The molecule has 11 nitrogen and oxygen atoms in total. The van der Waals surface area contributed by atoms with Crippen LogP contribution < -0.4 is 26.8 Å². The maximum atomic E-state index is 12.5. The van der Waals surface area contributed by atoms with Gasteiger partial charge in [-0.1, -0.05) is 65.9 Å². The van der Waals surface area contributed by atoms with Gasteiger partial charge in [-0.05, 0) is 68.9 Å². The van der Waals surface area contributed by atoms with Gasteiger partial charge in [-0.25, -0.2) is 4.79 Å². The fraction of sp³-hybridized carbons (Fsp3) is 0.344. The zero-order valence-corrected chi connectivity index (χ0v) is 26.1. The van der Waals surface area contributed by atoms with Crippen LogP contribution in [0.3, 0.4) is 0 Å². The Morgan fingerprint density at radius 2 is 1.45 bits per heavy atom. The van der Waals surface area contributed by atoms with E-state index in [1.807, 2.05) is 87.5 Å². The van der Waals surface area contributed by atoms with Crippen molar-refractivity contribution in [2.24, 2.45) is 0 Å². The molecule has 1 aliphatic heterocycles. The Morgan fingerprint density at radius 3 is 2.14 bits per heavy atom. The average molecular weight is 618 g/mol. The first-order valence-corrected chi connectivity index (χ1v) is 15.4. The zero-order valence-electron chi connectivity index (χ0n) is 25.2. The number of carbonyl (C=O) groups excluding carboxylic acids is 3. The van der Waals surface area contributed by atoms with Crippen LogP contribution in [0.5, 0.6) is 0 Å². The second-order valence-electron chi connectivity index (χ2n) is 11.3. The molecular weight excluding hydrogens is 578 g/mol. The number of unbranched alkanes of at least 4 members (excludes halogenated alkanes) is 1. The van der Waals surface area contributed by atoms with Crippen molar-refractivity contribution in [3.63, 3.8) is 0 Å². The summed E-state index contributed by atoms with van der Waals surface area (Å²) in [7, 11) is 0. The van der Waals surface area contributed by atoms with E-state index in [4.69, 9.17) is 4.74 Å². The standard InChI is InChI=1S/C32H39N7O4S/c1-32(2,3)43-31(42)33-21-24-15-13-23(14-16-24)20-28(41)35-30-39-38-29(44-30)12-8-7-11-25-17-18-26(37-36-25)34-27(40)19-22-9-5-4-6-10-22/h4-6,9-10,13-18,36-37H,7-8,11-12,19-21H2,1-3H3,(H,33,42)(H,34,40)(H,35,39,41). The lowest BCUT2D eigenvalue weighted by Crippen LogP contribution is -2.41. The first-order valence-electron chi connectivity index (χ1n) is 14.5. The molecule has 4 rings (SSSR count). The quantitative estimate of drug-likeness (QED) is 0.174. The van der Waals surface area contributed by atoms with Crippen LogP contribution in [0.2, 0.25) is 0 Å². The third-order valence-corrected chi connectivity index (χ3v) is 7.21. The summed E-state index contributed by atoms with van der Waals surface area (Å²) in [6.45, 7) is 5.78. The number of carbonyl (C=O) groups is 3. The minimum atomic E-state index is -0.549. The summed E-state index contributed by atoms with van der Waals surface area (Å²) in [6, 6.07) is 17.1. The third-order valence-electron chi connectivity index (χ3n) is 6.31. The number of nitrogens with one attached hydrogen (secondary N) is 5. The van der Waals surface area contributed by atoms with Crippen molar-refractivity contribution in [2.75, 3.05) is 5.32 Å². The monoisotopic (exact) mass is 617 g/mol. The summed E-state index contributed by atoms with van der Waals surface area (Å²) >= 11 is 1.38. The van der Waals surface area contributed by atoms with Crippen LogP contribution in [0.4, 0.5) is 9.93 Å². The van der Waals surface area contributed by atoms with Gasteiger partial charge < -0.3 is 26.1 Å². The molecule has 5 N–H and O–H groups in total. The van der Waals surface area contributed by atoms with Crippen molar-refractivity contribution in [3.05, 3.63) is 100.0 Å². The van der Waals surface area contributed by atoms with Crippen molar-refractivity contribution in [3.8, 4) is 0 Å². The number of rotatable bonds is 13. The van der Waals surface area contributed by atoms with Crippen molar-refractivity contribution in [1.82, 2.24) is 31.7 Å². The van der Waals surface area contributed by atoms with E-state index in [1.54, 1.807) is 0 Å². The predicted octanol–water partition coefficient (Wildman–Crippen LogP) is 4.65. The van der Waals surface area contributed by atoms with Gasteiger partial charge in [0.2, 0.25) is 16.9 Å². The largest absolute Gasteiger partial charge is 0.444 e. The van der Waals surface area contributed by atoms with Crippen molar-refractivity contribution in [1.29, 1.82) is 0 Å². The van der Waals surface area contributed by atoms with E-state index < -0.39 is 11.7 Å². The van der Waals surface area contributed by atoms with Gasteiger partial charge in [0.15, 0.2) is 0 Å². The van der Waals surface area contributed by atoms with Crippen molar-refractivity contribution in [2.45, 2.75) is 71.4 Å². The minimum Gasteiger partial charge on any atom is -0.444 e. The number of amides is 3. The third kappa shape index (κ3) is 11.5. The van der Waals surface area contributed by atoms with E-state index in [9.17, 15) is 14.4 Å². The van der Waals surface area contributed by atoms with Crippen LogP contribution in [-0.2, 0) is 40.1 Å². The van der Waals surface area contributed by atoms with E-state index in [0.717, 1.165) is 53.1 Å². The molecule has 2 heterocycles. The average Bonchev–Trinajstić information content (AvgIpc) is 3.42. The fourth-order valence-electron chi connectivity index (χ4n) is 4.22. The second kappa shape index (κ2) is 15.7. The molecule has 0 unspecified atom stereocenters. The molecule has 0 saturated heterocycles. The summed E-state index contributed by atoms with van der Waals surface area (Å²) in [4.78, 5) is 36.6. The van der Waals surface area contributed by atoms with E-state index >= 15 is 0 Å². The molecular formula is C32H39N7O4S. The number of aromatic nitrogens is 2. The van der Waals surface area contributed by atoms with Crippen molar-refractivity contribution < 1.29 is 19.1 Å². The summed E-state index contributed by atoms with van der Waals surface area (Å²) in [5, 5.41) is 18.1. The number of hydrogen-bond acceptors (Lipinski definition) is 9. The smallest absolute Gasteiger partial charge is 0.407 e. The first-order chi connectivity index (χ1) is 21.1. The normalized spacial score (nSPS) is 12.6. The molecule has 0 atom stereocenters. The number of ether oxygens (including phenoxy) is 1. The Labute approximate surface area is 261 Å². The predicted molar refractivity (Wildman–Crippen MR) is 170 cm³/mol. The topological polar surface area (TPSA) is 146 Å². The van der Waals surface area contributed by atoms with E-state index in [-0.39, 0.29) is 18.2 Å². The van der Waals surface area contributed by atoms with Crippen LogP contribution >= 0.6 is 11.3 Å². The summed E-state index contributed by atoms with van der Waals surface area (Å²) in [5.41, 5.74) is 9.37. The van der Waals surface area contributed by atoms with Crippen LogP contribution in [0.25, 0.3) is 0 Å². The lowest BCUT2D eigenvalue weighted by Gasteiger charge is -2.20. The molecule has 0 bridgehead atoms. The highest BCUT2D eigenvalue weighted by Gasteiger charge is 2.16. The van der Waals surface area contributed by atoms with Gasteiger partial charge >= 0.3 is 6.09 Å². The number of benzene rings is 2. The molecule has 232 valence electrons. The summed E-state index contributed by atoms with van der Waals surface area (Å²) in [5.74, 6) is 0.364. The van der Waals surface area contributed by atoms with Crippen molar-refractivity contribution >= 4 is 34.4 Å². The Morgan fingerprint density at radius 1 is 0.795 bits per heavy atom. The number of hydrazine groups is 1. The van der Waals surface area contributed by atoms with Crippen LogP contribution in [0, 0.1) is 0 Å². The van der Waals surface area contributed by atoms with Crippen LogP contribution in [0.15, 0.2) is 78.3 Å². The Hall–Kier alpha value is -4.71. The SMILES string of the molecule is CC(C)(C)OC(=O)NCc1ccc(CC(=O)Nc2nnc(CCCCC3=CC=C(NC(=O)Cc4ccccc4)NN3)s2)cc1. The van der Waals surface area contributed by atoms with E-state index in [1.165, 1.54) is 11.3 Å². The number of aryl methyl sites for hydroxylation is 1. The molecule has 1 aliphatic rings. The molecule has 0 aliphatic carbocycles. The lowest BCUT2D eigenvalue weighted by atomic mass is 10.1. The number of nitrogens with zero attached hydrogens (tertiary/aromatic N) is 2. The van der Waals surface area contributed by atoms with E-state index in [2.05, 4.69) is 37.0 Å². The summed E-state index contributed by atoms with van der Waals surface area (Å²) in [6.07, 6.45) is 7.33.